The van der Waals surface area contributed by atoms with Gasteiger partial charge in [0.25, 0.3) is 5.91 Å². The van der Waals surface area contributed by atoms with Gasteiger partial charge >= 0.3 is 6.36 Å². The molecule has 1 fully saturated rings. The Kier molecular flexibility index (Phi) is 5.97. The highest BCUT2D eigenvalue weighted by atomic mass is 19.4. The lowest BCUT2D eigenvalue weighted by atomic mass is 10.1. The Hall–Kier alpha value is -2.90. The Balaban J connectivity index is 2.14. The topological polar surface area (TPSA) is 59.0 Å². The van der Waals surface area contributed by atoms with Gasteiger partial charge < -0.3 is 19.5 Å². The summed E-state index contributed by atoms with van der Waals surface area (Å²) in [7, 11) is 1.49. The van der Waals surface area contributed by atoms with Gasteiger partial charge in [-0.15, -0.1) is 13.2 Å². The molecule has 0 spiro atoms. The van der Waals surface area contributed by atoms with Gasteiger partial charge in [-0.2, -0.15) is 0 Å². The molecular weight excluding hydrogens is 351 g/mol. The van der Waals surface area contributed by atoms with E-state index in [9.17, 15) is 23.1 Å². The summed E-state index contributed by atoms with van der Waals surface area (Å²) >= 11 is 0. The van der Waals surface area contributed by atoms with Crippen LogP contribution in [0.1, 0.15) is 12.5 Å². The van der Waals surface area contributed by atoms with E-state index in [2.05, 4.69) is 4.74 Å². The largest absolute Gasteiger partial charge is 0.573 e. The predicted octanol–water partition coefficient (Wildman–Crippen LogP) is 3.85. The molecule has 1 aromatic carbocycles. The van der Waals surface area contributed by atoms with Crippen molar-refractivity contribution >= 4 is 5.91 Å². The molecule has 0 radical (unpaired) electrons. The number of hydrogen-bond donors (Lipinski definition) is 1. The van der Waals surface area contributed by atoms with Crippen molar-refractivity contribution in [2.45, 2.75) is 19.8 Å². The summed E-state index contributed by atoms with van der Waals surface area (Å²) in [5.74, 6) is -0.160. The van der Waals surface area contributed by atoms with Crippen LogP contribution in [0.3, 0.4) is 0 Å². The highest BCUT2D eigenvalue weighted by Crippen LogP contribution is 2.27. The van der Waals surface area contributed by atoms with Crippen LogP contribution >= 0.6 is 0 Å². The Morgan fingerprint density at radius 2 is 1.96 bits per heavy atom. The quantitative estimate of drug-likeness (QED) is 0.633. The zero-order chi connectivity index (χ0) is 19.3. The monoisotopic (exact) mass is 369 g/mol. The number of nitrogens with zero attached hydrogens (tertiary/aromatic N) is 1. The first-order valence-electron chi connectivity index (χ1n) is 7.67. The molecule has 1 aromatic rings. The Bertz CT molecular complexity index is 749. The molecule has 5 nitrogen and oxygen atoms in total. The number of carbonyl (C=O) groups excluding carboxylic acids is 1. The van der Waals surface area contributed by atoms with Crippen molar-refractivity contribution in [1.29, 1.82) is 0 Å². The van der Waals surface area contributed by atoms with Crippen LogP contribution in [0.5, 0.6) is 5.75 Å². The maximum atomic E-state index is 12.4. The van der Waals surface area contributed by atoms with Crippen LogP contribution in [0.25, 0.3) is 0 Å². The van der Waals surface area contributed by atoms with Crippen LogP contribution in [0.15, 0.2) is 59.6 Å². The molecule has 1 aliphatic rings. The number of rotatable bonds is 5. The fourth-order valence-electron chi connectivity index (χ4n) is 2.51. The average Bonchev–Trinajstić information content (AvgIpc) is 2.87. The van der Waals surface area contributed by atoms with Crippen molar-refractivity contribution in [2.24, 2.45) is 0 Å². The van der Waals surface area contributed by atoms with E-state index in [0.717, 1.165) is 6.26 Å². The van der Waals surface area contributed by atoms with Crippen LogP contribution in [0.2, 0.25) is 0 Å². The molecule has 26 heavy (non-hydrogen) atoms. The molecule has 0 aliphatic carbocycles. The number of benzene rings is 1. The Morgan fingerprint density at radius 3 is 2.46 bits per heavy atom. The van der Waals surface area contributed by atoms with Gasteiger partial charge in [-0.25, -0.2) is 0 Å². The third-order valence-electron chi connectivity index (χ3n) is 3.72. The standard InChI is InChI=1S/C18H18F3NO4/c1-3-14(25-2)8-13-10-22(17(24)16(13)11-23)9-12-4-6-15(7-5-12)26-18(19,20)21/h3-8,11,23H,9-10H2,1-2H3/b13-8-,14-3+,16-11-. The number of allylic oxidation sites excluding steroid dienone is 2. The average molecular weight is 369 g/mol. The molecule has 0 saturated carbocycles. The Morgan fingerprint density at radius 1 is 1.31 bits per heavy atom. The molecule has 1 saturated heterocycles. The summed E-state index contributed by atoms with van der Waals surface area (Å²) < 4.78 is 45.5. The maximum Gasteiger partial charge on any atom is 0.573 e. The molecule has 0 unspecified atom stereocenters. The van der Waals surface area contributed by atoms with Gasteiger partial charge in [0.1, 0.15) is 11.5 Å². The van der Waals surface area contributed by atoms with Crippen molar-refractivity contribution in [3.8, 4) is 5.75 Å². The van der Waals surface area contributed by atoms with Gasteiger partial charge in [-0.05, 0) is 42.3 Å². The molecule has 1 N–H and O–H groups in total. The van der Waals surface area contributed by atoms with E-state index in [4.69, 9.17) is 4.74 Å². The van der Waals surface area contributed by atoms with E-state index in [1.807, 2.05) is 0 Å². The van der Waals surface area contributed by atoms with E-state index >= 15 is 0 Å². The molecule has 0 aromatic heterocycles. The van der Waals surface area contributed by atoms with Gasteiger partial charge in [0.05, 0.1) is 18.9 Å². The highest BCUT2D eigenvalue weighted by Gasteiger charge is 2.32. The maximum absolute atomic E-state index is 12.4. The number of alkyl halides is 3. The van der Waals surface area contributed by atoms with Crippen molar-refractivity contribution in [3.63, 3.8) is 0 Å². The first-order chi connectivity index (χ1) is 12.3. The molecule has 8 heteroatoms. The van der Waals surface area contributed by atoms with Crippen LogP contribution in [-0.4, -0.2) is 35.9 Å². The molecule has 1 heterocycles. The molecule has 2 rings (SSSR count). The first kappa shape index (κ1) is 19.4. The smallest absolute Gasteiger partial charge is 0.515 e. The summed E-state index contributed by atoms with van der Waals surface area (Å²) in [5.41, 5.74) is 1.37. The van der Waals surface area contributed by atoms with Crippen LogP contribution < -0.4 is 4.74 Å². The minimum Gasteiger partial charge on any atom is -0.515 e. The van der Waals surface area contributed by atoms with E-state index in [0.29, 0.717) is 16.9 Å². The van der Waals surface area contributed by atoms with Gasteiger partial charge in [-0.3, -0.25) is 4.79 Å². The van der Waals surface area contributed by atoms with Crippen molar-refractivity contribution in [3.05, 3.63) is 65.1 Å². The van der Waals surface area contributed by atoms with Crippen LogP contribution in [0, 0.1) is 0 Å². The molecule has 0 atom stereocenters. The SMILES string of the molecule is C\C=C(/C=C1/CN(Cc2ccc(OC(F)(F)F)cc2)C(=O)/C1=C\O)OC. The lowest BCUT2D eigenvalue weighted by Crippen LogP contribution is -2.24. The lowest BCUT2D eigenvalue weighted by molar-refractivity contribution is -0.274. The molecule has 140 valence electrons. The molecule has 0 bridgehead atoms. The second-order valence-electron chi connectivity index (χ2n) is 5.46. The number of amides is 1. The minimum atomic E-state index is -4.75. The Labute approximate surface area is 148 Å². The van der Waals surface area contributed by atoms with E-state index in [1.54, 1.807) is 19.1 Å². The third kappa shape index (κ3) is 4.81. The fraction of sp³-hybridized carbons (Fsp3) is 0.278. The molecular formula is C18H18F3NO4. The molecule has 1 aliphatic heterocycles. The number of aliphatic hydroxyl groups is 1. The third-order valence-corrected chi connectivity index (χ3v) is 3.72. The summed E-state index contributed by atoms with van der Waals surface area (Å²) in [6, 6.07) is 5.27. The molecule has 1 amide bonds. The summed E-state index contributed by atoms with van der Waals surface area (Å²) in [4.78, 5) is 13.9. The van der Waals surface area contributed by atoms with E-state index in [-0.39, 0.29) is 30.3 Å². The van der Waals surface area contributed by atoms with Crippen LogP contribution in [-0.2, 0) is 16.1 Å². The van der Waals surface area contributed by atoms with Crippen LogP contribution in [0.4, 0.5) is 13.2 Å². The zero-order valence-corrected chi connectivity index (χ0v) is 14.2. The zero-order valence-electron chi connectivity index (χ0n) is 14.2. The highest BCUT2D eigenvalue weighted by molar-refractivity contribution is 6.01. The van der Waals surface area contributed by atoms with Gasteiger partial charge in [0.2, 0.25) is 0 Å². The lowest BCUT2D eigenvalue weighted by Gasteiger charge is -2.15. The predicted molar refractivity (Wildman–Crippen MR) is 88.1 cm³/mol. The van der Waals surface area contributed by atoms with Gasteiger partial charge in [0.15, 0.2) is 0 Å². The van der Waals surface area contributed by atoms with Crippen molar-refractivity contribution in [2.75, 3.05) is 13.7 Å². The van der Waals surface area contributed by atoms with E-state index in [1.165, 1.54) is 36.3 Å². The van der Waals surface area contributed by atoms with Crippen molar-refractivity contribution < 1.29 is 32.5 Å². The number of likely N-dealkylation sites (tertiary alicyclic amines) is 1. The number of hydrogen-bond acceptors (Lipinski definition) is 4. The normalized spacial score (nSPS) is 18.7. The number of ether oxygens (including phenoxy) is 2. The van der Waals surface area contributed by atoms with Gasteiger partial charge in [0, 0.05) is 13.1 Å². The number of halogens is 3. The second kappa shape index (κ2) is 7.99. The van der Waals surface area contributed by atoms with E-state index < -0.39 is 6.36 Å². The second-order valence-corrected chi connectivity index (χ2v) is 5.46. The summed E-state index contributed by atoms with van der Waals surface area (Å²) in [5, 5.41) is 9.36. The fourth-order valence-corrected chi connectivity index (χ4v) is 2.51. The van der Waals surface area contributed by atoms with Gasteiger partial charge in [-0.1, -0.05) is 12.1 Å². The first-order valence-corrected chi connectivity index (χ1v) is 7.67. The number of methoxy groups -OCH3 is 1. The number of carbonyl (C=O) groups is 1. The summed E-state index contributed by atoms with van der Waals surface area (Å²) in [6.45, 7) is 2.20. The van der Waals surface area contributed by atoms with Crippen molar-refractivity contribution in [1.82, 2.24) is 4.90 Å². The number of aliphatic hydroxyl groups excluding tert-OH is 1. The minimum absolute atomic E-state index is 0.151. The summed E-state index contributed by atoms with van der Waals surface area (Å²) in [6.07, 6.45) is -0.634.